The molecule has 5 nitrogen and oxygen atoms in total. The third-order valence-electron chi connectivity index (χ3n) is 5.38. The summed E-state index contributed by atoms with van der Waals surface area (Å²) in [7, 11) is 1.68. The standard InChI is InChI=1S/C23H25NO4/c1-16-10-18(8-9-22(16)26-2)19-11-20-14-27-15-21(12-19)24(20)23(25)28-13-17-6-4-3-5-7-17/h3-11,20-21H,12-15H2,1-2H3. The number of ether oxygens (including phenoxy) is 3. The smallest absolute Gasteiger partial charge is 0.411 e. The lowest BCUT2D eigenvalue weighted by Gasteiger charge is -2.43. The Bertz CT molecular complexity index is 877. The number of aryl methyl sites for hydroxylation is 1. The van der Waals surface area contributed by atoms with Gasteiger partial charge in [0.25, 0.3) is 0 Å². The Morgan fingerprint density at radius 2 is 2.00 bits per heavy atom. The minimum atomic E-state index is -0.275. The molecule has 0 N–H and O–H groups in total. The first kappa shape index (κ1) is 18.6. The third kappa shape index (κ3) is 3.76. The SMILES string of the molecule is COc1ccc(C2=CC3COCC(C2)N3C(=O)OCc2ccccc2)cc1C. The maximum Gasteiger partial charge on any atom is 0.411 e. The highest BCUT2D eigenvalue weighted by atomic mass is 16.6. The zero-order chi connectivity index (χ0) is 19.5. The van der Waals surface area contributed by atoms with E-state index in [2.05, 4.69) is 18.2 Å². The first-order valence-electron chi connectivity index (χ1n) is 9.58. The van der Waals surface area contributed by atoms with E-state index in [4.69, 9.17) is 14.2 Å². The first-order chi connectivity index (χ1) is 13.7. The van der Waals surface area contributed by atoms with Crippen LogP contribution in [0.25, 0.3) is 5.57 Å². The van der Waals surface area contributed by atoms with E-state index in [1.807, 2.05) is 48.2 Å². The van der Waals surface area contributed by atoms with Crippen molar-refractivity contribution in [3.63, 3.8) is 0 Å². The minimum Gasteiger partial charge on any atom is -0.496 e. The van der Waals surface area contributed by atoms with Gasteiger partial charge in [0.05, 0.1) is 32.4 Å². The molecule has 0 aliphatic carbocycles. The first-order valence-corrected chi connectivity index (χ1v) is 9.58. The van der Waals surface area contributed by atoms with Gasteiger partial charge in [-0.3, -0.25) is 4.90 Å². The van der Waals surface area contributed by atoms with E-state index in [-0.39, 0.29) is 24.8 Å². The van der Waals surface area contributed by atoms with Gasteiger partial charge < -0.3 is 14.2 Å². The number of amides is 1. The fourth-order valence-electron chi connectivity index (χ4n) is 3.97. The second-order valence-electron chi connectivity index (χ2n) is 7.29. The molecule has 0 spiro atoms. The lowest BCUT2D eigenvalue weighted by atomic mass is 9.89. The van der Waals surface area contributed by atoms with Crippen molar-refractivity contribution in [3.05, 3.63) is 71.3 Å². The van der Waals surface area contributed by atoms with Gasteiger partial charge in [-0.15, -0.1) is 0 Å². The molecule has 2 bridgehead atoms. The summed E-state index contributed by atoms with van der Waals surface area (Å²) in [6, 6.07) is 15.9. The van der Waals surface area contributed by atoms with E-state index in [0.717, 1.165) is 23.3 Å². The van der Waals surface area contributed by atoms with Crippen LogP contribution in [0.3, 0.4) is 0 Å². The summed E-state index contributed by atoms with van der Waals surface area (Å²) in [5.74, 6) is 0.884. The lowest BCUT2D eigenvalue weighted by molar-refractivity contribution is -0.0342. The van der Waals surface area contributed by atoms with Crippen molar-refractivity contribution >= 4 is 11.7 Å². The largest absolute Gasteiger partial charge is 0.496 e. The average molecular weight is 379 g/mol. The van der Waals surface area contributed by atoms with E-state index in [9.17, 15) is 4.79 Å². The highest BCUT2D eigenvalue weighted by Gasteiger charge is 2.39. The number of methoxy groups -OCH3 is 1. The number of hydrogen-bond acceptors (Lipinski definition) is 4. The Kier molecular flexibility index (Phi) is 5.35. The summed E-state index contributed by atoms with van der Waals surface area (Å²) in [4.78, 5) is 14.6. The van der Waals surface area contributed by atoms with Gasteiger partial charge in [0.1, 0.15) is 12.4 Å². The molecule has 1 fully saturated rings. The van der Waals surface area contributed by atoms with Crippen LogP contribution in [0, 0.1) is 6.92 Å². The van der Waals surface area contributed by atoms with E-state index in [0.29, 0.717) is 13.2 Å². The molecule has 2 heterocycles. The van der Waals surface area contributed by atoms with Crippen molar-refractivity contribution < 1.29 is 19.0 Å². The number of fused-ring (bicyclic) bond motifs is 2. The highest BCUT2D eigenvalue weighted by molar-refractivity contribution is 5.75. The third-order valence-corrected chi connectivity index (χ3v) is 5.38. The molecule has 2 aliphatic rings. The van der Waals surface area contributed by atoms with Crippen molar-refractivity contribution in [2.24, 2.45) is 0 Å². The topological polar surface area (TPSA) is 48.0 Å². The lowest BCUT2D eigenvalue weighted by Crippen LogP contribution is -2.56. The minimum absolute atomic E-state index is 0.00979. The quantitative estimate of drug-likeness (QED) is 0.799. The molecule has 1 amide bonds. The molecule has 28 heavy (non-hydrogen) atoms. The monoisotopic (exact) mass is 379 g/mol. The van der Waals surface area contributed by atoms with E-state index < -0.39 is 0 Å². The van der Waals surface area contributed by atoms with Gasteiger partial charge >= 0.3 is 6.09 Å². The summed E-state index contributed by atoms with van der Waals surface area (Å²) in [5.41, 5.74) is 4.51. The van der Waals surface area contributed by atoms with Gasteiger partial charge in [-0.05, 0) is 47.7 Å². The highest BCUT2D eigenvalue weighted by Crippen LogP contribution is 2.34. The molecule has 0 aromatic heterocycles. The van der Waals surface area contributed by atoms with Gasteiger partial charge in [-0.1, -0.05) is 42.5 Å². The molecule has 5 heteroatoms. The molecule has 2 aliphatic heterocycles. The van der Waals surface area contributed by atoms with Crippen LogP contribution in [-0.2, 0) is 16.1 Å². The van der Waals surface area contributed by atoms with E-state index >= 15 is 0 Å². The van der Waals surface area contributed by atoms with Crippen molar-refractivity contribution in [1.29, 1.82) is 0 Å². The molecule has 4 rings (SSSR count). The van der Waals surface area contributed by atoms with Crippen molar-refractivity contribution in [2.45, 2.75) is 32.0 Å². The Morgan fingerprint density at radius 3 is 2.71 bits per heavy atom. The number of rotatable bonds is 4. The van der Waals surface area contributed by atoms with Crippen molar-refractivity contribution in [2.75, 3.05) is 20.3 Å². The molecule has 0 radical (unpaired) electrons. The van der Waals surface area contributed by atoms with Gasteiger partial charge in [0, 0.05) is 0 Å². The second-order valence-corrected chi connectivity index (χ2v) is 7.29. The van der Waals surface area contributed by atoms with Crippen LogP contribution in [0.2, 0.25) is 0 Å². The Morgan fingerprint density at radius 1 is 1.18 bits per heavy atom. The summed E-state index contributed by atoms with van der Waals surface area (Å²) in [6.07, 6.45) is 2.62. The van der Waals surface area contributed by atoms with Crippen LogP contribution in [0.4, 0.5) is 4.79 Å². The van der Waals surface area contributed by atoms with Crippen LogP contribution in [0.1, 0.15) is 23.1 Å². The van der Waals surface area contributed by atoms with Crippen LogP contribution in [-0.4, -0.2) is 43.4 Å². The number of morpholine rings is 1. The van der Waals surface area contributed by atoms with Crippen LogP contribution in [0.15, 0.2) is 54.6 Å². The normalized spacial score (nSPS) is 21.1. The number of nitrogens with zero attached hydrogens (tertiary/aromatic N) is 1. The van der Waals surface area contributed by atoms with Crippen molar-refractivity contribution in [3.8, 4) is 5.75 Å². The average Bonchev–Trinajstić information content (AvgIpc) is 2.71. The summed E-state index contributed by atoms with van der Waals surface area (Å²) in [5, 5.41) is 0. The zero-order valence-electron chi connectivity index (χ0n) is 16.3. The molecule has 2 atom stereocenters. The van der Waals surface area contributed by atoms with Gasteiger partial charge in [0.15, 0.2) is 0 Å². The van der Waals surface area contributed by atoms with E-state index in [1.54, 1.807) is 7.11 Å². The molecule has 146 valence electrons. The van der Waals surface area contributed by atoms with E-state index in [1.165, 1.54) is 11.1 Å². The molecule has 2 unspecified atom stereocenters. The van der Waals surface area contributed by atoms with Gasteiger partial charge in [-0.25, -0.2) is 4.79 Å². The van der Waals surface area contributed by atoms with Gasteiger partial charge in [0.2, 0.25) is 0 Å². The Balaban J connectivity index is 1.51. The number of carbonyl (C=O) groups excluding carboxylic acids is 1. The summed E-state index contributed by atoms with van der Waals surface area (Å²) < 4.78 is 16.7. The molecule has 2 aromatic carbocycles. The van der Waals surface area contributed by atoms with Crippen molar-refractivity contribution in [1.82, 2.24) is 4.90 Å². The predicted octanol–water partition coefficient (Wildman–Crippen LogP) is 4.20. The fraction of sp³-hybridized carbons (Fsp3) is 0.348. The predicted molar refractivity (Wildman–Crippen MR) is 107 cm³/mol. The van der Waals surface area contributed by atoms with Crippen LogP contribution >= 0.6 is 0 Å². The number of carbonyl (C=O) groups is 1. The molecule has 1 saturated heterocycles. The second kappa shape index (κ2) is 8.07. The molecule has 2 aromatic rings. The number of hydrogen-bond donors (Lipinski definition) is 0. The maximum absolute atomic E-state index is 12.8. The fourth-order valence-corrected chi connectivity index (χ4v) is 3.97. The number of benzene rings is 2. The maximum atomic E-state index is 12.8. The Hall–Kier alpha value is -2.79. The zero-order valence-corrected chi connectivity index (χ0v) is 16.3. The van der Waals surface area contributed by atoms with Crippen LogP contribution < -0.4 is 4.74 Å². The van der Waals surface area contributed by atoms with Crippen LogP contribution in [0.5, 0.6) is 5.75 Å². The molecule has 0 saturated carbocycles. The summed E-state index contributed by atoms with van der Waals surface area (Å²) in [6.45, 7) is 3.35. The Labute approximate surface area is 165 Å². The molecular formula is C23H25NO4. The summed E-state index contributed by atoms with van der Waals surface area (Å²) >= 11 is 0. The van der Waals surface area contributed by atoms with Gasteiger partial charge in [-0.2, -0.15) is 0 Å². The molecular weight excluding hydrogens is 354 g/mol.